The minimum atomic E-state index is -3.96. The van der Waals surface area contributed by atoms with Gasteiger partial charge < -0.3 is 10.4 Å². The standard InChI is InChI=1S/C11H16N2O5S2/c1-7(6-19(2)16)13-10-4-3-8(20(12,17)18)5-9(10)11(14)15/h3-5,7,13H,6H2,1-2H3,(H,14,15)(H2,12,17,18). The largest absolute Gasteiger partial charge is 0.478 e. The van der Waals surface area contributed by atoms with Gasteiger partial charge in [0.1, 0.15) is 0 Å². The molecule has 0 aliphatic heterocycles. The number of carboxylic acids is 1. The van der Waals surface area contributed by atoms with Gasteiger partial charge in [-0.1, -0.05) is 0 Å². The van der Waals surface area contributed by atoms with E-state index in [-0.39, 0.29) is 22.2 Å². The second-order valence-electron chi connectivity index (χ2n) is 4.34. The van der Waals surface area contributed by atoms with Crippen molar-refractivity contribution in [2.24, 2.45) is 5.14 Å². The lowest BCUT2D eigenvalue weighted by atomic mass is 10.1. The topological polar surface area (TPSA) is 127 Å². The average Bonchev–Trinajstić information content (AvgIpc) is 2.26. The summed E-state index contributed by atoms with van der Waals surface area (Å²) < 4.78 is 33.5. The number of benzene rings is 1. The highest BCUT2D eigenvalue weighted by atomic mass is 32.2. The van der Waals surface area contributed by atoms with Crippen molar-refractivity contribution < 1.29 is 22.5 Å². The van der Waals surface area contributed by atoms with Crippen molar-refractivity contribution in [1.82, 2.24) is 0 Å². The minimum Gasteiger partial charge on any atom is -0.478 e. The molecule has 0 fully saturated rings. The van der Waals surface area contributed by atoms with Gasteiger partial charge in [-0.3, -0.25) is 4.21 Å². The number of hydrogen-bond donors (Lipinski definition) is 3. The van der Waals surface area contributed by atoms with Crippen LogP contribution in [0.5, 0.6) is 0 Å². The Hall–Kier alpha value is -1.45. The van der Waals surface area contributed by atoms with E-state index in [1.807, 2.05) is 0 Å². The van der Waals surface area contributed by atoms with Crippen molar-refractivity contribution in [1.29, 1.82) is 0 Å². The summed E-state index contributed by atoms with van der Waals surface area (Å²) in [5.41, 5.74) is 0.0492. The number of nitrogens with two attached hydrogens (primary N) is 1. The Morgan fingerprint density at radius 1 is 1.50 bits per heavy atom. The van der Waals surface area contributed by atoms with Gasteiger partial charge in [-0.25, -0.2) is 18.4 Å². The Kier molecular flexibility index (Phi) is 5.26. The number of rotatable bonds is 6. The number of primary sulfonamides is 1. The van der Waals surface area contributed by atoms with Gasteiger partial charge in [0, 0.05) is 34.5 Å². The van der Waals surface area contributed by atoms with Gasteiger partial charge >= 0.3 is 5.97 Å². The first-order valence-electron chi connectivity index (χ1n) is 5.58. The molecule has 2 unspecified atom stereocenters. The van der Waals surface area contributed by atoms with E-state index in [2.05, 4.69) is 5.32 Å². The molecular formula is C11H16N2O5S2. The lowest BCUT2D eigenvalue weighted by molar-refractivity contribution is 0.0697. The zero-order valence-corrected chi connectivity index (χ0v) is 12.6. The van der Waals surface area contributed by atoms with Crippen LogP contribution in [-0.4, -0.2) is 41.8 Å². The predicted octanol–water partition coefficient (Wildman–Crippen LogP) is 0.211. The van der Waals surface area contributed by atoms with Gasteiger partial charge in [-0.05, 0) is 25.1 Å². The van der Waals surface area contributed by atoms with E-state index in [0.717, 1.165) is 6.07 Å². The number of carboxylic acid groups (broad SMARTS) is 1. The first-order valence-corrected chi connectivity index (χ1v) is 8.85. The van der Waals surface area contributed by atoms with Gasteiger partial charge in [-0.2, -0.15) is 0 Å². The number of hydrogen-bond acceptors (Lipinski definition) is 5. The molecule has 9 heteroatoms. The van der Waals surface area contributed by atoms with E-state index in [4.69, 9.17) is 10.2 Å². The molecule has 0 bridgehead atoms. The number of aromatic carboxylic acids is 1. The van der Waals surface area contributed by atoms with Crippen LogP contribution < -0.4 is 10.5 Å². The van der Waals surface area contributed by atoms with Crippen LogP contribution in [0.25, 0.3) is 0 Å². The molecule has 2 atom stereocenters. The molecule has 0 aromatic heterocycles. The van der Waals surface area contributed by atoms with E-state index in [0.29, 0.717) is 5.75 Å². The summed E-state index contributed by atoms with van der Waals surface area (Å²) in [6, 6.07) is 3.33. The van der Waals surface area contributed by atoms with Crippen molar-refractivity contribution in [2.45, 2.75) is 17.9 Å². The third-order valence-electron chi connectivity index (χ3n) is 2.44. The van der Waals surface area contributed by atoms with Crippen molar-refractivity contribution in [3.8, 4) is 0 Å². The zero-order valence-electron chi connectivity index (χ0n) is 11.0. The fraction of sp³-hybridized carbons (Fsp3) is 0.364. The molecule has 112 valence electrons. The molecule has 1 aromatic carbocycles. The molecule has 0 amide bonds. The Bertz CT molecular complexity index is 642. The Labute approximate surface area is 119 Å². The van der Waals surface area contributed by atoms with Crippen molar-refractivity contribution in [3.63, 3.8) is 0 Å². The molecule has 7 nitrogen and oxygen atoms in total. The molecule has 0 heterocycles. The number of nitrogens with one attached hydrogen (secondary N) is 1. The number of anilines is 1. The maximum absolute atomic E-state index is 11.2. The summed E-state index contributed by atoms with van der Waals surface area (Å²) >= 11 is 0. The fourth-order valence-electron chi connectivity index (χ4n) is 1.66. The maximum atomic E-state index is 11.2. The van der Waals surface area contributed by atoms with Crippen molar-refractivity contribution in [2.75, 3.05) is 17.3 Å². The smallest absolute Gasteiger partial charge is 0.337 e. The summed E-state index contributed by atoms with van der Waals surface area (Å²) in [5.74, 6) is -0.932. The van der Waals surface area contributed by atoms with Crippen molar-refractivity contribution >= 4 is 32.5 Å². The quantitative estimate of drug-likeness (QED) is 0.688. The highest BCUT2D eigenvalue weighted by Gasteiger charge is 2.17. The van der Waals surface area contributed by atoms with Crippen LogP contribution in [-0.2, 0) is 20.8 Å². The average molecular weight is 320 g/mol. The Balaban J connectivity index is 3.15. The Morgan fingerprint density at radius 3 is 2.55 bits per heavy atom. The normalized spacial score (nSPS) is 14.6. The fourth-order valence-corrected chi connectivity index (χ4v) is 2.99. The van der Waals surface area contributed by atoms with Crippen molar-refractivity contribution in [3.05, 3.63) is 23.8 Å². The molecule has 0 spiro atoms. The molecule has 1 aromatic rings. The first kappa shape index (κ1) is 16.6. The third kappa shape index (κ3) is 4.58. The van der Waals surface area contributed by atoms with E-state index >= 15 is 0 Å². The van der Waals surface area contributed by atoms with E-state index < -0.39 is 26.8 Å². The lowest BCUT2D eigenvalue weighted by Crippen LogP contribution is -2.24. The SMILES string of the molecule is CC(CS(C)=O)Nc1ccc(S(N)(=O)=O)cc1C(=O)O. The monoisotopic (exact) mass is 320 g/mol. The van der Waals surface area contributed by atoms with Crippen LogP contribution in [0.4, 0.5) is 5.69 Å². The van der Waals surface area contributed by atoms with E-state index in [1.165, 1.54) is 12.1 Å². The van der Waals surface area contributed by atoms with Gasteiger partial charge in [-0.15, -0.1) is 0 Å². The third-order valence-corrected chi connectivity index (χ3v) is 4.32. The molecule has 4 N–H and O–H groups in total. The second kappa shape index (κ2) is 6.33. The highest BCUT2D eigenvalue weighted by Crippen LogP contribution is 2.21. The van der Waals surface area contributed by atoms with E-state index in [9.17, 15) is 17.4 Å². The van der Waals surface area contributed by atoms with Gasteiger partial charge in [0.25, 0.3) is 0 Å². The maximum Gasteiger partial charge on any atom is 0.337 e. The number of carbonyl (C=O) groups is 1. The zero-order chi connectivity index (χ0) is 15.5. The summed E-state index contributed by atoms with van der Waals surface area (Å²) in [7, 11) is -4.99. The van der Waals surface area contributed by atoms with E-state index in [1.54, 1.807) is 13.2 Å². The molecule has 20 heavy (non-hydrogen) atoms. The summed E-state index contributed by atoms with van der Waals surface area (Å²) in [6.07, 6.45) is 1.54. The van der Waals surface area contributed by atoms with Crippen LogP contribution in [0.1, 0.15) is 17.3 Å². The summed E-state index contributed by atoms with van der Waals surface area (Å²) in [6.45, 7) is 1.75. The lowest BCUT2D eigenvalue weighted by Gasteiger charge is -2.16. The van der Waals surface area contributed by atoms with Gasteiger partial charge in [0.2, 0.25) is 10.0 Å². The highest BCUT2D eigenvalue weighted by molar-refractivity contribution is 7.89. The molecule has 0 aliphatic rings. The van der Waals surface area contributed by atoms with Gasteiger partial charge in [0.05, 0.1) is 10.5 Å². The van der Waals surface area contributed by atoms with Crippen LogP contribution in [0.15, 0.2) is 23.1 Å². The molecule has 0 aliphatic carbocycles. The van der Waals surface area contributed by atoms with Crippen LogP contribution >= 0.6 is 0 Å². The predicted molar refractivity (Wildman–Crippen MR) is 76.8 cm³/mol. The van der Waals surface area contributed by atoms with Crippen LogP contribution in [0, 0.1) is 0 Å². The molecular weight excluding hydrogens is 304 g/mol. The number of sulfonamides is 1. The van der Waals surface area contributed by atoms with Crippen LogP contribution in [0.3, 0.4) is 0 Å². The van der Waals surface area contributed by atoms with Gasteiger partial charge in [0.15, 0.2) is 0 Å². The first-order chi connectivity index (χ1) is 9.11. The molecule has 1 rings (SSSR count). The molecule has 0 saturated heterocycles. The second-order valence-corrected chi connectivity index (χ2v) is 7.38. The molecule has 0 radical (unpaired) electrons. The van der Waals surface area contributed by atoms with Crippen LogP contribution in [0.2, 0.25) is 0 Å². The summed E-state index contributed by atoms with van der Waals surface area (Å²) in [5, 5.41) is 17.0. The Morgan fingerprint density at radius 2 is 2.10 bits per heavy atom. The minimum absolute atomic E-state index is 0.203. The molecule has 0 saturated carbocycles. The summed E-state index contributed by atoms with van der Waals surface area (Å²) in [4.78, 5) is 10.9.